The molecule has 0 amide bonds. The van der Waals surface area contributed by atoms with Crippen LogP contribution in [0.25, 0.3) is 0 Å². The van der Waals surface area contributed by atoms with Crippen molar-refractivity contribution in [1.29, 1.82) is 0 Å². The molecule has 26 heavy (non-hydrogen) atoms. The molecule has 6 heteroatoms. The zero-order valence-corrected chi connectivity index (χ0v) is 15.6. The van der Waals surface area contributed by atoms with E-state index in [2.05, 4.69) is 9.88 Å². The minimum Gasteiger partial charge on any atom is -0.506 e. The van der Waals surface area contributed by atoms with E-state index in [4.69, 9.17) is 16.6 Å². The fourth-order valence-electron chi connectivity index (χ4n) is 4.13. The van der Waals surface area contributed by atoms with Gasteiger partial charge in [-0.15, -0.1) is 0 Å². The molecule has 0 unspecified atom stereocenters. The predicted molar refractivity (Wildman–Crippen MR) is 102 cm³/mol. The lowest BCUT2D eigenvalue weighted by Crippen LogP contribution is -2.36. The van der Waals surface area contributed by atoms with Gasteiger partial charge in [0.1, 0.15) is 11.6 Å². The predicted octanol–water partition coefficient (Wildman–Crippen LogP) is 3.73. The van der Waals surface area contributed by atoms with Crippen LogP contribution in [0, 0.1) is 0 Å². The number of nitrogens with zero attached hydrogens (tertiary/aromatic N) is 2. The first-order valence-corrected chi connectivity index (χ1v) is 9.80. The molecule has 2 heterocycles. The molecular formula is C20H24ClN3O2. The van der Waals surface area contributed by atoms with E-state index in [1.54, 1.807) is 6.07 Å². The Morgan fingerprint density at radius 1 is 1.27 bits per heavy atom. The van der Waals surface area contributed by atoms with Crippen LogP contribution >= 0.6 is 11.6 Å². The van der Waals surface area contributed by atoms with Gasteiger partial charge in [-0.05, 0) is 18.9 Å². The van der Waals surface area contributed by atoms with E-state index in [1.807, 2.05) is 12.1 Å². The smallest absolute Gasteiger partial charge is 0.255 e. The first-order valence-electron chi connectivity index (χ1n) is 9.42. The highest BCUT2D eigenvalue weighted by Crippen LogP contribution is 2.31. The summed E-state index contributed by atoms with van der Waals surface area (Å²) >= 11 is 6.00. The Balaban J connectivity index is 1.53. The minimum atomic E-state index is -0.00408. The van der Waals surface area contributed by atoms with E-state index in [1.165, 1.54) is 19.3 Å². The summed E-state index contributed by atoms with van der Waals surface area (Å²) in [6.07, 6.45) is 6.76. The number of para-hydroxylation sites is 1. The molecule has 0 atom stereocenters. The van der Waals surface area contributed by atoms with E-state index in [0.717, 1.165) is 48.5 Å². The van der Waals surface area contributed by atoms with Crippen LogP contribution in [0.15, 0.2) is 23.0 Å². The lowest BCUT2D eigenvalue weighted by Gasteiger charge is -2.29. The molecule has 1 aromatic carbocycles. The van der Waals surface area contributed by atoms with Crippen molar-refractivity contribution >= 4 is 11.6 Å². The number of halogens is 1. The van der Waals surface area contributed by atoms with Crippen molar-refractivity contribution in [3.63, 3.8) is 0 Å². The van der Waals surface area contributed by atoms with Crippen LogP contribution in [0.2, 0.25) is 5.02 Å². The van der Waals surface area contributed by atoms with E-state index in [0.29, 0.717) is 24.0 Å². The molecule has 1 aromatic heterocycles. The normalized spacial score (nSPS) is 18.7. The summed E-state index contributed by atoms with van der Waals surface area (Å²) in [5.74, 6) is 1.41. The highest BCUT2D eigenvalue weighted by Gasteiger charge is 2.25. The lowest BCUT2D eigenvalue weighted by atomic mass is 9.88. The van der Waals surface area contributed by atoms with Gasteiger partial charge >= 0.3 is 0 Å². The van der Waals surface area contributed by atoms with Crippen molar-refractivity contribution in [2.24, 2.45) is 0 Å². The molecule has 0 radical (unpaired) electrons. The van der Waals surface area contributed by atoms with Crippen LogP contribution in [0.3, 0.4) is 0 Å². The number of aromatic hydroxyl groups is 1. The maximum atomic E-state index is 12.7. The number of benzene rings is 1. The molecule has 138 valence electrons. The Kier molecular flexibility index (Phi) is 5.00. The zero-order valence-electron chi connectivity index (χ0n) is 14.8. The lowest BCUT2D eigenvalue weighted by molar-refractivity contribution is 0.238. The largest absolute Gasteiger partial charge is 0.506 e. The second kappa shape index (κ2) is 7.41. The number of rotatable bonds is 3. The molecular weight excluding hydrogens is 350 g/mol. The fourth-order valence-corrected chi connectivity index (χ4v) is 4.33. The van der Waals surface area contributed by atoms with E-state index in [9.17, 15) is 9.90 Å². The molecule has 2 aliphatic rings. The Hall–Kier alpha value is -1.85. The highest BCUT2D eigenvalue weighted by atomic mass is 35.5. The third-order valence-electron chi connectivity index (χ3n) is 5.62. The maximum Gasteiger partial charge on any atom is 0.255 e. The molecule has 0 spiro atoms. The molecule has 1 fully saturated rings. The number of aromatic amines is 1. The second-order valence-corrected chi connectivity index (χ2v) is 7.83. The van der Waals surface area contributed by atoms with Gasteiger partial charge in [0.05, 0.1) is 16.3 Å². The average molecular weight is 374 g/mol. The van der Waals surface area contributed by atoms with E-state index in [-0.39, 0.29) is 11.3 Å². The first kappa shape index (κ1) is 17.6. The fraction of sp³-hybridized carbons (Fsp3) is 0.500. The second-order valence-electron chi connectivity index (χ2n) is 7.42. The molecule has 0 saturated heterocycles. The summed E-state index contributed by atoms with van der Waals surface area (Å²) in [6.45, 7) is 1.93. The van der Waals surface area contributed by atoms with E-state index >= 15 is 0 Å². The Bertz CT molecular complexity index is 859. The molecule has 2 N–H and O–H groups in total. The molecule has 0 bridgehead atoms. The van der Waals surface area contributed by atoms with Gasteiger partial charge in [0.15, 0.2) is 0 Å². The quantitative estimate of drug-likeness (QED) is 0.860. The molecule has 2 aromatic rings. The zero-order chi connectivity index (χ0) is 18.1. The van der Waals surface area contributed by atoms with Gasteiger partial charge in [-0.25, -0.2) is 4.98 Å². The highest BCUT2D eigenvalue weighted by molar-refractivity contribution is 6.32. The summed E-state index contributed by atoms with van der Waals surface area (Å²) in [7, 11) is 0. The number of phenols is 1. The third-order valence-corrected chi connectivity index (χ3v) is 5.93. The van der Waals surface area contributed by atoms with E-state index < -0.39 is 0 Å². The summed E-state index contributed by atoms with van der Waals surface area (Å²) < 4.78 is 0. The molecule has 1 aliphatic heterocycles. The number of hydrogen-bond donors (Lipinski definition) is 2. The Morgan fingerprint density at radius 3 is 2.88 bits per heavy atom. The van der Waals surface area contributed by atoms with Crippen molar-refractivity contribution < 1.29 is 5.11 Å². The average Bonchev–Trinajstić information content (AvgIpc) is 2.66. The van der Waals surface area contributed by atoms with Gasteiger partial charge in [-0.3, -0.25) is 9.69 Å². The van der Waals surface area contributed by atoms with Gasteiger partial charge in [-0.1, -0.05) is 43.0 Å². The van der Waals surface area contributed by atoms with Crippen molar-refractivity contribution in [1.82, 2.24) is 14.9 Å². The van der Waals surface area contributed by atoms with Crippen molar-refractivity contribution in [2.45, 2.75) is 57.5 Å². The minimum absolute atomic E-state index is 0.00408. The van der Waals surface area contributed by atoms with Crippen molar-refractivity contribution in [3.05, 3.63) is 56.2 Å². The van der Waals surface area contributed by atoms with Crippen LogP contribution in [-0.2, 0) is 19.5 Å². The van der Waals surface area contributed by atoms with Gasteiger partial charge in [-0.2, -0.15) is 0 Å². The standard InChI is InChI=1S/C20H24ClN3O2/c21-16-8-4-7-14(18(16)25)11-24-10-9-17-15(12-24)20(26)23-19(22-17)13-5-2-1-3-6-13/h4,7-8,13,25H,1-3,5-6,9-12H2,(H,22,23,26). The number of fused-ring (bicyclic) bond motifs is 1. The SMILES string of the molecule is O=c1[nH]c(C2CCCCC2)nc2c1CN(Cc1cccc(Cl)c1O)CC2. The number of H-pyrrole nitrogens is 1. The van der Waals surface area contributed by atoms with Gasteiger partial charge in [0, 0.05) is 37.5 Å². The van der Waals surface area contributed by atoms with Crippen LogP contribution in [0.5, 0.6) is 5.75 Å². The van der Waals surface area contributed by atoms with Crippen LogP contribution in [-0.4, -0.2) is 26.5 Å². The molecule has 4 rings (SSSR count). The van der Waals surface area contributed by atoms with Crippen molar-refractivity contribution in [3.8, 4) is 5.75 Å². The van der Waals surface area contributed by atoms with Gasteiger partial charge < -0.3 is 10.1 Å². The topological polar surface area (TPSA) is 69.2 Å². The Morgan fingerprint density at radius 2 is 2.08 bits per heavy atom. The summed E-state index contributed by atoms with van der Waals surface area (Å²) in [4.78, 5) is 22.7. The Labute approximate surface area is 158 Å². The first-order chi connectivity index (χ1) is 12.6. The number of phenolic OH excluding ortho intramolecular Hbond substituents is 1. The van der Waals surface area contributed by atoms with Crippen molar-refractivity contribution in [2.75, 3.05) is 6.54 Å². The summed E-state index contributed by atoms with van der Waals surface area (Å²) in [6, 6.07) is 5.37. The maximum absolute atomic E-state index is 12.7. The molecule has 1 aliphatic carbocycles. The number of aromatic nitrogens is 2. The van der Waals surface area contributed by atoms with Crippen LogP contribution in [0.4, 0.5) is 0 Å². The van der Waals surface area contributed by atoms with Crippen LogP contribution in [0.1, 0.15) is 60.7 Å². The molecule has 5 nitrogen and oxygen atoms in total. The third kappa shape index (κ3) is 3.51. The summed E-state index contributed by atoms with van der Waals surface area (Å²) in [5.41, 5.74) is 2.48. The molecule has 1 saturated carbocycles. The number of hydrogen-bond acceptors (Lipinski definition) is 4. The monoisotopic (exact) mass is 373 g/mol. The summed E-state index contributed by atoms with van der Waals surface area (Å²) in [5, 5.41) is 10.5. The van der Waals surface area contributed by atoms with Gasteiger partial charge in [0.25, 0.3) is 5.56 Å². The number of nitrogens with one attached hydrogen (secondary N) is 1. The van der Waals surface area contributed by atoms with Gasteiger partial charge in [0.2, 0.25) is 0 Å². The van der Waals surface area contributed by atoms with Crippen LogP contribution < -0.4 is 5.56 Å².